The van der Waals surface area contributed by atoms with Crippen molar-refractivity contribution in [2.75, 3.05) is 40.9 Å². The molecule has 408 valence electrons. The zero-order chi connectivity index (χ0) is 51.3. The van der Waals surface area contributed by atoms with Crippen molar-refractivity contribution in [1.29, 1.82) is 0 Å². The van der Waals surface area contributed by atoms with Crippen LogP contribution in [-0.4, -0.2) is 73.4 Å². The molecular formula is C61H114N2O6P+. The summed E-state index contributed by atoms with van der Waals surface area (Å²) < 4.78 is 23.8. The van der Waals surface area contributed by atoms with Gasteiger partial charge in [-0.05, 0) is 64.2 Å². The van der Waals surface area contributed by atoms with Crippen LogP contribution < -0.4 is 5.32 Å². The van der Waals surface area contributed by atoms with Crippen LogP contribution in [0.5, 0.6) is 0 Å². The molecule has 0 aliphatic rings. The van der Waals surface area contributed by atoms with Crippen LogP contribution in [0.1, 0.15) is 258 Å². The molecule has 9 heteroatoms. The van der Waals surface area contributed by atoms with Gasteiger partial charge in [0.05, 0.1) is 39.9 Å². The third-order valence-electron chi connectivity index (χ3n) is 13.0. The van der Waals surface area contributed by atoms with Crippen LogP contribution in [0.25, 0.3) is 0 Å². The Bertz CT molecular complexity index is 1370. The Labute approximate surface area is 434 Å². The number of rotatable bonds is 53. The molecule has 0 aromatic heterocycles. The number of hydrogen-bond acceptors (Lipinski definition) is 5. The predicted molar refractivity (Wildman–Crippen MR) is 304 cm³/mol. The molecule has 0 saturated carbocycles. The molecule has 8 nitrogen and oxygen atoms in total. The number of allylic oxidation sites excluding steroid dienone is 12. The Balaban J connectivity index is 4.07. The van der Waals surface area contributed by atoms with Crippen LogP contribution in [0.3, 0.4) is 0 Å². The first-order valence-electron chi connectivity index (χ1n) is 29.3. The van der Waals surface area contributed by atoms with Gasteiger partial charge in [0.1, 0.15) is 13.2 Å². The van der Waals surface area contributed by atoms with Crippen LogP contribution in [0.2, 0.25) is 0 Å². The van der Waals surface area contributed by atoms with Crippen LogP contribution in [-0.2, 0) is 18.4 Å². The lowest BCUT2D eigenvalue weighted by Gasteiger charge is -2.26. The maximum atomic E-state index is 13.0. The van der Waals surface area contributed by atoms with E-state index in [0.717, 1.165) is 77.0 Å². The highest BCUT2D eigenvalue weighted by Crippen LogP contribution is 2.43. The quantitative estimate of drug-likeness (QED) is 0.0243. The smallest absolute Gasteiger partial charge is 0.391 e. The van der Waals surface area contributed by atoms with Gasteiger partial charge in [-0.15, -0.1) is 0 Å². The molecule has 0 radical (unpaired) electrons. The molecule has 1 amide bonds. The van der Waals surface area contributed by atoms with Crippen molar-refractivity contribution in [3.63, 3.8) is 0 Å². The highest BCUT2D eigenvalue weighted by molar-refractivity contribution is 7.47. The van der Waals surface area contributed by atoms with E-state index in [1.807, 2.05) is 21.1 Å². The first-order valence-corrected chi connectivity index (χ1v) is 30.8. The summed E-state index contributed by atoms with van der Waals surface area (Å²) in [6.07, 6.45) is 71.0. The maximum absolute atomic E-state index is 13.0. The fourth-order valence-corrected chi connectivity index (χ4v) is 9.14. The number of nitrogens with zero attached hydrogens (tertiary/aromatic N) is 1. The summed E-state index contributed by atoms with van der Waals surface area (Å²) >= 11 is 0. The summed E-state index contributed by atoms with van der Waals surface area (Å²) in [7, 11) is 1.62. The van der Waals surface area contributed by atoms with Gasteiger partial charge >= 0.3 is 7.82 Å². The van der Waals surface area contributed by atoms with Crippen LogP contribution in [0.4, 0.5) is 0 Å². The standard InChI is InChI=1S/C61H113N2O6P/c1-6-8-10-12-14-16-18-20-22-23-24-25-26-27-28-29-30-31-32-33-34-35-36-37-38-39-41-43-45-47-49-51-53-55-61(65)62-59(58-69-70(66,67)68-57-56-63(3,4)5)60(64)54-52-50-48-46-44-42-40-21-19-17-15-13-11-9-7-2/h8,10,14,16,20,22,24-25,27-28,30-31,59-60,64H,6-7,9,11-13,15,17-19,21,23,26,29,32-58H2,1-5H3,(H-,62,65,66,67)/p+1/b10-8-,16-14-,22-20-,25-24-,28-27-,31-30-. The number of phosphoric ester groups is 1. The van der Waals surface area contributed by atoms with E-state index in [-0.39, 0.29) is 19.1 Å². The molecule has 0 heterocycles. The molecule has 0 aliphatic heterocycles. The first kappa shape index (κ1) is 67.9. The lowest BCUT2D eigenvalue weighted by atomic mass is 10.0. The van der Waals surface area contributed by atoms with Crippen molar-refractivity contribution in [2.24, 2.45) is 0 Å². The van der Waals surface area contributed by atoms with Gasteiger partial charge in [0.15, 0.2) is 0 Å². The number of unbranched alkanes of at least 4 members (excludes halogenated alkanes) is 28. The molecule has 0 aromatic rings. The number of carbonyl (C=O) groups excluding carboxylic acids is 1. The average molecular weight is 1000 g/mol. The summed E-state index contributed by atoms with van der Waals surface area (Å²) in [6, 6.07) is -0.763. The van der Waals surface area contributed by atoms with E-state index < -0.39 is 20.0 Å². The van der Waals surface area contributed by atoms with Crippen LogP contribution >= 0.6 is 7.82 Å². The van der Waals surface area contributed by atoms with Gasteiger partial charge in [-0.3, -0.25) is 13.8 Å². The number of quaternary nitrogens is 1. The Morgan fingerprint density at radius 2 is 0.857 bits per heavy atom. The molecule has 3 atom stereocenters. The van der Waals surface area contributed by atoms with Crippen LogP contribution in [0, 0.1) is 0 Å². The molecule has 3 unspecified atom stereocenters. The second kappa shape index (κ2) is 51.8. The third-order valence-corrected chi connectivity index (χ3v) is 14.0. The zero-order valence-corrected chi connectivity index (χ0v) is 47.4. The second-order valence-electron chi connectivity index (χ2n) is 21.0. The van der Waals surface area contributed by atoms with Crippen molar-refractivity contribution in [3.8, 4) is 0 Å². The highest BCUT2D eigenvalue weighted by atomic mass is 31.2. The molecule has 3 N–H and O–H groups in total. The van der Waals surface area contributed by atoms with Crippen molar-refractivity contribution in [2.45, 2.75) is 270 Å². The van der Waals surface area contributed by atoms with Gasteiger partial charge in [-0.25, -0.2) is 4.57 Å². The van der Waals surface area contributed by atoms with Crippen molar-refractivity contribution >= 4 is 13.7 Å². The Kier molecular flexibility index (Phi) is 50.3. The van der Waals surface area contributed by atoms with Crippen molar-refractivity contribution in [1.82, 2.24) is 5.32 Å². The largest absolute Gasteiger partial charge is 0.472 e. The zero-order valence-electron chi connectivity index (χ0n) is 46.5. The van der Waals surface area contributed by atoms with Gasteiger partial charge in [0.25, 0.3) is 0 Å². The monoisotopic (exact) mass is 1000 g/mol. The van der Waals surface area contributed by atoms with Crippen molar-refractivity contribution in [3.05, 3.63) is 72.9 Å². The summed E-state index contributed by atoms with van der Waals surface area (Å²) in [5.74, 6) is -0.146. The minimum absolute atomic E-state index is 0.0731. The maximum Gasteiger partial charge on any atom is 0.472 e. The molecule has 0 rings (SSSR count). The Morgan fingerprint density at radius 1 is 0.500 bits per heavy atom. The van der Waals surface area contributed by atoms with E-state index >= 15 is 0 Å². The molecule has 0 saturated heterocycles. The summed E-state index contributed by atoms with van der Waals surface area (Å²) in [5.41, 5.74) is 0. The van der Waals surface area contributed by atoms with Crippen molar-refractivity contribution < 1.29 is 32.9 Å². The van der Waals surface area contributed by atoms with E-state index in [0.29, 0.717) is 23.9 Å². The highest BCUT2D eigenvalue weighted by Gasteiger charge is 2.28. The fraction of sp³-hybridized carbons (Fsp3) is 0.787. The second-order valence-corrected chi connectivity index (χ2v) is 22.4. The normalized spacial score (nSPS) is 14.4. The van der Waals surface area contributed by atoms with Crippen LogP contribution in [0.15, 0.2) is 72.9 Å². The number of aliphatic hydroxyl groups excluding tert-OH is 1. The predicted octanol–water partition coefficient (Wildman–Crippen LogP) is 17.9. The minimum atomic E-state index is -4.32. The number of aliphatic hydroxyl groups is 1. The molecule has 0 fully saturated rings. The van der Waals surface area contributed by atoms with E-state index in [1.54, 1.807) is 0 Å². The van der Waals surface area contributed by atoms with Gasteiger partial charge in [0.2, 0.25) is 5.91 Å². The average Bonchev–Trinajstić information content (AvgIpc) is 3.32. The Hall–Kier alpha value is -2.06. The third kappa shape index (κ3) is 53.7. The summed E-state index contributed by atoms with van der Waals surface area (Å²) in [5, 5.41) is 14.1. The fourth-order valence-electron chi connectivity index (χ4n) is 8.40. The van der Waals surface area contributed by atoms with Gasteiger partial charge in [-0.1, -0.05) is 260 Å². The number of phosphoric acid groups is 1. The van der Waals surface area contributed by atoms with E-state index in [4.69, 9.17) is 9.05 Å². The topological polar surface area (TPSA) is 105 Å². The molecule has 0 spiro atoms. The number of carbonyl (C=O) groups is 1. The molecule has 0 bridgehead atoms. The molecule has 70 heavy (non-hydrogen) atoms. The SMILES string of the molecule is CC/C=C\C/C=C\C/C=C\C/C=C\C/C=C\C/C=C\CCCCCCCCCCCCCCCCC(=O)NC(COP(=O)(O)OCC[N+](C)(C)C)C(O)CCCCCCCCCCCCCCCCC. The molecular weight excluding hydrogens is 888 g/mol. The number of likely N-dealkylation sites (N-methyl/N-ethyl adjacent to an activating group) is 1. The van der Waals surface area contributed by atoms with E-state index in [1.165, 1.54) is 154 Å². The van der Waals surface area contributed by atoms with E-state index in [9.17, 15) is 19.4 Å². The molecule has 0 aliphatic carbocycles. The first-order chi connectivity index (χ1) is 34.0. The van der Waals surface area contributed by atoms with Gasteiger partial charge in [0, 0.05) is 6.42 Å². The Morgan fingerprint density at radius 3 is 1.26 bits per heavy atom. The minimum Gasteiger partial charge on any atom is -0.391 e. The molecule has 0 aromatic carbocycles. The number of amides is 1. The summed E-state index contributed by atoms with van der Waals surface area (Å²) in [4.78, 5) is 23.3. The lowest BCUT2D eigenvalue weighted by molar-refractivity contribution is -0.870. The number of nitrogens with one attached hydrogen (secondary N) is 1. The number of hydrogen-bond donors (Lipinski definition) is 3. The van der Waals surface area contributed by atoms with E-state index in [2.05, 4.69) is 92.1 Å². The van der Waals surface area contributed by atoms with Gasteiger partial charge in [-0.2, -0.15) is 0 Å². The lowest BCUT2D eigenvalue weighted by Crippen LogP contribution is -2.46. The van der Waals surface area contributed by atoms with Gasteiger partial charge < -0.3 is 19.8 Å². The summed E-state index contributed by atoms with van der Waals surface area (Å²) in [6.45, 7) is 4.79.